The molecule has 7 heteroatoms. The maximum absolute atomic E-state index is 12.9. The largest absolute Gasteiger partial charge is 0.454 e. The van der Waals surface area contributed by atoms with Gasteiger partial charge in [0.1, 0.15) is 0 Å². The van der Waals surface area contributed by atoms with Gasteiger partial charge in [0.05, 0.1) is 10.2 Å². The summed E-state index contributed by atoms with van der Waals surface area (Å²) in [6.07, 6.45) is 0.918. The molecular formula is C20H18N2O3S2. The summed E-state index contributed by atoms with van der Waals surface area (Å²) in [5.41, 5.74) is 2.13. The van der Waals surface area contributed by atoms with Crippen molar-refractivity contribution in [3.8, 4) is 11.5 Å². The van der Waals surface area contributed by atoms with Gasteiger partial charge in [-0.1, -0.05) is 18.2 Å². The molecule has 138 valence electrons. The lowest BCUT2D eigenvalue weighted by molar-refractivity contribution is 0.0766. The highest BCUT2D eigenvalue weighted by Gasteiger charge is 2.26. The number of hydrogen-bond acceptors (Lipinski definition) is 6. The van der Waals surface area contributed by atoms with Gasteiger partial charge in [0, 0.05) is 24.1 Å². The highest BCUT2D eigenvalue weighted by Crippen LogP contribution is 2.40. The Labute approximate surface area is 165 Å². The fourth-order valence-electron chi connectivity index (χ4n) is 3.45. The molecule has 5 rings (SSSR count). The van der Waals surface area contributed by atoms with E-state index in [4.69, 9.17) is 9.47 Å². The second kappa shape index (κ2) is 7.05. The Bertz CT molecular complexity index is 971. The lowest BCUT2D eigenvalue weighted by atomic mass is 10.1. The first-order valence-electron chi connectivity index (χ1n) is 8.94. The summed E-state index contributed by atoms with van der Waals surface area (Å²) in [5, 5.41) is 0.940. The molecule has 2 aliphatic rings. The predicted octanol–water partition coefficient (Wildman–Crippen LogP) is 4.35. The lowest BCUT2D eigenvalue weighted by Crippen LogP contribution is -2.32. The van der Waals surface area contributed by atoms with Crippen LogP contribution in [-0.2, 0) is 0 Å². The van der Waals surface area contributed by atoms with Gasteiger partial charge in [-0.2, -0.15) is 11.8 Å². The monoisotopic (exact) mass is 398 g/mol. The minimum Gasteiger partial charge on any atom is -0.454 e. The molecule has 0 N–H and O–H groups in total. The third-order valence-electron chi connectivity index (χ3n) is 4.87. The number of carbonyl (C=O) groups excluding carboxylic acids is 1. The van der Waals surface area contributed by atoms with E-state index in [1.54, 1.807) is 0 Å². The second-order valence-electron chi connectivity index (χ2n) is 6.54. The number of amides is 1. The van der Waals surface area contributed by atoms with Gasteiger partial charge >= 0.3 is 0 Å². The van der Waals surface area contributed by atoms with Crippen molar-refractivity contribution in [1.29, 1.82) is 0 Å². The van der Waals surface area contributed by atoms with Crippen molar-refractivity contribution in [1.82, 2.24) is 9.88 Å². The van der Waals surface area contributed by atoms with Crippen LogP contribution in [0, 0.1) is 0 Å². The molecule has 3 heterocycles. The summed E-state index contributed by atoms with van der Waals surface area (Å²) in [4.78, 5) is 19.4. The standard InChI is InChI=1S/C20H18N2O3S2/c23-20(19-21-14-3-1-2-4-18(14)27-19)22-8-7-17(26-10-9-22)13-5-6-15-16(11-13)25-12-24-15/h1-6,11,17H,7-10,12H2/t17-/m0/s1. The number of aromatic nitrogens is 1. The Morgan fingerprint density at radius 3 is 2.93 bits per heavy atom. The molecule has 2 aromatic carbocycles. The third kappa shape index (κ3) is 3.26. The number of hydrogen-bond donors (Lipinski definition) is 0. The molecule has 1 amide bonds. The number of carbonyl (C=O) groups is 1. The molecular weight excluding hydrogens is 380 g/mol. The summed E-state index contributed by atoms with van der Waals surface area (Å²) in [7, 11) is 0. The van der Waals surface area contributed by atoms with Gasteiger partial charge in [0.15, 0.2) is 16.5 Å². The summed E-state index contributed by atoms with van der Waals surface area (Å²) in [6.45, 7) is 1.78. The maximum Gasteiger partial charge on any atom is 0.282 e. The summed E-state index contributed by atoms with van der Waals surface area (Å²) in [6, 6.07) is 14.1. The van der Waals surface area contributed by atoms with E-state index in [0.717, 1.165) is 47.0 Å². The van der Waals surface area contributed by atoms with Crippen molar-refractivity contribution < 1.29 is 14.3 Å². The minimum atomic E-state index is 0.0446. The van der Waals surface area contributed by atoms with Crippen LogP contribution in [0.15, 0.2) is 42.5 Å². The minimum absolute atomic E-state index is 0.0446. The average molecular weight is 399 g/mol. The van der Waals surface area contributed by atoms with Crippen molar-refractivity contribution in [3.05, 3.63) is 53.0 Å². The van der Waals surface area contributed by atoms with E-state index >= 15 is 0 Å². The van der Waals surface area contributed by atoms with E-state index in [9.17, 15) is 4.79 Å². The molecule has 1 fully saturated rings. The van der Waals surface area contributed by atoms with Crippen molar-refractivity contribution in [2.45, 2.75) is 11.7 Å². The third-order valence-corrected chi connectivity index (χ3v) is 7.23. The van der Waals surface area contributed by atoms with Crippen LogP contribution in [0.2, 0.25) is 0 Å². The second-order valence-corrected chi connectivity index (χ2v) is 8.88. The van der Waals surface area contributed by atoms with Gasteiger partial charge in [-0.15, -0.1) is 11.3 Å². The fraction of sp³-hybridized carbons (Fsp3) is 0.300. The number of ether oxygens (including phenoxy) is 2. The quantitative estimate of drug-likeness (QED) is 0.643. The first-order chi connectivity index (χ1) is 13.3. The van der Waals surface area contributed by atoms with Crippen LogP contribution in [0.5, 0.6) is 11.5 Å². The molecule has 1 aromatic heterocycles. The molecule has 1 atom stereocenters. The fourth-order valence-corrected chi connectivity index (χ4v) is 5.61. The van der Waals surface area contributed by atoms with Crippen LogP contribution in [0.3, 0.4) is 0 Å². The molecule has 27 heavy (non-hydrogen) atoms. The summed E-state index contributed by atoms with van der Waals surface area (Å²) in [5.74, 6) is 2.59. The first-order valence-corrected chi connectivity index (χ1v) is 10.8. The predicted molar refractivity (Wildman–Crippen MR) is 108 cm³/mol. The van der Waals surface area contributed by atoms with Crippen LogP contribution >= 0.6 is 23.1 Å². The average Bonchev–Trinajstić information content (AvgIpc) is 3.27. The van der Waals surface area contributed by atoms with Gasteiger partial charge in [0.25, 0.3) is 5.91 Å². The Morgan fingerprint density at radius 2 is 2.00 bits per heavy atom. The number of rotatable bonds is 2. The Kier molecular flexibility index (Phi) is 4.41. The van der Waals surface area contributed by atoms with E-state index in [1.807, 2.05) is 47.0 Å². The number of thiazole rings is 1. The SMILES string of the molecule is O=C(c1nc2ccccc2s1)N1CCS[C@H](c2ccc3c(c2)OCO3)CC1. The van der Waals surface area contributed by atoms with Crippen LogP contribution < -0.4 is 9.47 Å². The van der Waals surface area contributed by atoms with E-state index in [1.165, 1.54) is 16.9 Å². The first kappa shape index (κ1) is 16.9. The van der Waals surface area contributed by atoms with Gasteiger partial charge in [0.2, 0.25) is 6.79 Å². The zero-order valence-corrected chi connectivity index (χ0v) is 16.2. The molecule has 2 aliphatic heterocycles. The summed E-state index contributed by atoms with van der Waals surface area (Å²) >= 11 is 3.37. The van der Waals surface area contributed by atoms with Crippen LogP contribution in [-0.4, -0.2) is 41.4 Å². The summed E-state index contributed by atoms with van der Waals surface area (Å²) < 4.78 is 12.0. The van der Waals surface area contributed by atoms with E-state index < -0.39 is 0 Å². The number of benzene rings is 2. The topological polar surface area (TPSA) is 51.7 Å². The molecule has 0 spiro atoms. The molecule has 0 aliphatic carbocycles. The Morgan fingerprint density at radius 1 is 1.11 bits per heavy atom. The highest BCUT2D eigenvalue weighted by molar-refractivity contribution is 7.99. The van der Waals surface area contributed by atoms with E-state index in [-0.39, 0.29) is 5.91 Å². The van der Waals surface area contributed by atoms with Crippen molar-refractivity contribution in [2.75, 3.05) is 25.6 Å². The molecule has 5 nitrogen and oxygen atoms in total. The molecule has 0 unspecified atom stereocenters. The van der Waals surface area contributed by atoms with Gasteiger partial charge in [-0.05, 0) is 36.2 Å². The van der Waals surface area contributed by atoms with Gasteiger partial charge in [-0.3, -0.25) is 4.79 Å². The Hall–Kier alpha value is -2.25. The number of thioether (sulfide) groups is 1. The zero-order chi connectivity index (χ0) is 18.2. The van der Waals surface area contributed by atoms with Crippen LogP contribution in [0.1, 0.15) is 27.0 Å². The molecule has 1 saturated heterocycles. The zero-order valence-electron chi connectivity index (χ0n) is 14.6. The van der Waals surface area contributed by atoms with E-state index in [2.05, 4.69) is 17.1 Å². The van der Waals surface area contributed by atoms with E-state index in [0.29, 0.717) is 17.1 Å². The lowest BCUT2D eigenvalue weighted by Gasteiger charge is -2.19. The number of nitrogens with zero attached hydrogens (tertiary/aromatic N) is 2. The maximum atomic E-state index is 12.9. The molecule has 0 saturated carbocycles. The number of fused-ring (bicyclic) bond motifs is 2. The molecule has 0 radical (unpaired) electrons. The van der Waals surface area contributed by atoms with Crippen LogP contribution in [0.25, 0.3) is 10.2 Å². The molecule has 0 bridgehead atoms. The molecule has 3 aromatic rings. The number of para-hydroxylation sites is 1. The smallest absolute Gasteiger partial charge is 0.282 e. The Balaban J connectivity index is 1.31. The van der Waals surface area contributed by atoms with Crippen molar-refractivity contribution >= 4 is 39.2 Å². The van der Waals surface area contributed by atoms with Crippen molar-refractivity contribution in [3.63, 3.8) is 0 Å². The van der Waals surface area contributed by atoms with Crippen molar-refractivity contribution in [2.24, 2.45) is 0 Å². The van der Waals surface area contributed by atoms with Gasteiger partial charge < -0.3 is 14.4 Å². The highest BCUT2D eigenvalue weighted by atomic mass is 32.2. The van der Waals surface area contributed by atoms with Crippen LogP contribution in [0.4, 0.5) is 0 Å². The normalized spacial score (nSPS) is 19.3. The van der Waals surface area contributed by atoms with Gasteiger partial charge in [-0.25, -0.2) is 4.98 Å².